The van der Waals surface area contributed by atoms with Gasteiger partial charge in [0.2, 0.25) is 5.91 Å². The first-order valence-corrected chi connectivity index (χ1v) is 8.17. The fourth-order valence-electron chi connectivity index (χ4n) is 2.95. The summed E-state index contributed by atoms with van der Waals surface area (Å²) in [7, 11) is 1.34. The van der Waals surface area contributed by atoms with Gasteiger partial charge in [-0.05, 0) is 17.7 Å². The Hall–Kier alpha value is -2.88. The summed E-state index contributed by atoms with van der Waals surface area (Å²) in [5, 5.41) is 2.00. The maximum atomic E-state index is 13.1. The van der Waals surface area contributed by atoms with Crippen LogP contribution in [0.3, 0.4) is 0 Å². The Balaban J connectivity index is 2.39. The summed E-state index contributed by atoms with van der Waals surface area (Å²) in [5.41, 5.74) is 1.95. The Labute approximate surface area is 146 Å². The molecule has 128 valence electrons. The normalized spacial score (nSPS) is 12.2. The van der Waals surface area contributed by atoms with E-state index >= 15 is 0 Å². The third kappa shape index (κ3) is 2.95. The van der Waals surface area contributed by atoms with Crippen molar-refractivity contribution >= 4 is 39.8 Å². The van der Waals surface area contributed by atoms with Gasteiger partial charge in [0.15, 0.2) is 0 Å². The second-order valence-electron chi connectivity index (χ2n) is 7.01. The molecule has 25 heavy (non-hydrogen) atoms. The lowest BCUT2D eigenvalue weighted by molar-refractivity contribution is -0.134. The number of ether oxygens (including phenoxy) is 1. The van der Waals surface area contributed by atoms with Gasteiger partial charge < -0.3 is 4.74 Å². The molecule has 0 unspecified atom stereocenters. The standard InChI is InChI=1S/C21H21NO3/c1-21(2,3)20(24)22-17-11-6-5-9-15(17)16-10-7-8-14(19(16)22)12-13-18(23)25-4/h5-13H,1-4H3/b13-12+. The monoisotopic (exact) mass is 335 g/mol. The molecule has 0 aliphatic heterocycles. The Morgan fingerprint density at radius 2 is 1.68 bits per heavy atom. The van der Waals surface area contributed by atoms with E-state index in [-0.39, 0.29) is 5.91 Å². The van der Waals surface area contributed by atoms with E-state index in [1.54, 1.807) is 10.6 Å². The lowest BCUT2D eigenvalue weighted by atomic mass is 9.95. The Kier molecular flexibility index (Phi) is 4.21. The first kappa shape index (κ1) is 17.0. The van der Waals surface area contributed by atoms with Crippen LogP contribution in [0.5, 0.6) is 0 Å². The number of nitrogens with zero attached hydrogens (tertiary/aromatic N) is 1. The summed E-state index contributed by atoms with van der Waals surface area (Å²) in [6.07, 6.45) is 3.07. The van der Waals surface area contributed by atoms with Crippen molar-refractivity contribution in [3.05, 3.63) is 54.1 Å². The van der Waals surface area contributed by atoms with Crippen LogP contribution in [0.4, 0.5) is 0 Å². The average Bonchev–Trinajstić information content (AvgIpc) is 2.93. The fourth-order valence-corrected chi connectivity index (χ4v) is 2.95. The fraction of sp³-hybridized carbons (Fsp3) is 0.238. The van der Waals surface area contributed by atoms with Gasteiger partial charge in [-0.25, -0.2) is 4.79 Å². The highest BCUT2D eigenvalue weighted by Crippen LogP contribution is 2.34. The van der Waals surface area contributed by atoms with Crippen molar-refractivity contribution in [1.29, 1.82) is 0 Å². The van der Waals surface area contributed by atoms with E-state index in [1.165, 1.54) is 13.2 Å². The molecule has 0 bridgehead atoms. The van der Waals surface area contributed by atoms with Crippen molar-refractivity contribution in [3.63, 3.8) is 0 Å². The van der Waals surface area contributed by atoms with Crippen LogP contribution in [0.15, 0.2) is 48.5 Å². The lowest BCUT2D eigenvalue weighted by Crippen LogP contribution is -2.26. The number of carbonyl (C=O) groups excluding carboxylic acids is 2. The molecule has 3 aromatic rings. The molecule has 0 N–H and O–H groups in total. The Bertz CT molecular complexity index is 1000. The van der Waals surface area contributed by atoms with E-state index in [0.717, 1.165) is 27.4 Å². The number of methoxy groups -OCH3 is 1. The highest BCUT2D eigenvalue weighted by atomic mass is 16.5. The van der Waals surface area contributed by atoms with Gasteiger partial charge in [0.05, 0.1) is 18.1 Å². The minimum atomic E-state index is -0.534. The van der Waals surface area contributed by atoms with Gasteiger partial charge in [0, 0.05) is 22.3 Å². The second-order valence-corrected chi connectivity index (χ2v) is 7.01. The van der Waals surface area contributed by atoms with Gasteiger partial charge in [-0.1, -0.05) is 57.2 Å². The van der Waals surface area contributed by atoms with E-state index in [1.807, 2.05) is 63.2 Å². The summed E-state index contributed by atoms with van der Waals surface area (Å²) in [5.74, 6) is -0.417. The molecular formula is C21H21NO3. The number of fused-ring (bicyclic) bond motifs is 3. The van der Waals surface area contributed by atoms with E-state index < -0.39 is 11.4 Å². The molecular weight excluding hydrogens is 314 g/mol. The third-order valence-electron chi connectivity index (χ3n) is 4.17. The Morgan fingerprint density at radius 3 is 2.36 bits per heavy atom. The van der Waals surface area contributed by atoms with Gasteiger partial charge in [-0.15, -0.1) is 0 Å². The van der Waals surface area contributed by atoms with E-state index in [0.29, 0.717) is 0 Å². The highest BCUT2D eigenvalue weighted by Gasteiger charge is 2.27. The predicted octanol–water partition coefficient (Wildman–Crippen LogP) is 4.67. The lowest BCUT2D eigenvalue weighted by Gasteiger charge is -2.19. The van der Waals surface area contributed by atoms with E-state index in [4.69, 9.17) is 0 Å². The summed E-state index contributed by atoms with van der Waals surface area (Å²) < 4.78 is 6.44. The molecule has 0 radical (unpaired) electrons. The molecule has 0 aliphatic rings. The number of para-hydroxylation sites is 2. The van der Waals surface area contributed by atoms with Crippen LogP contribution in [-0.4, -0.2) is 23.6 Å². The zero-order chi connectivity index (χ0) is 18.2. The first-order valence-electron chi connectivity index (χ1n) is 8.17. The van der Waals surface area contributed by atoms with Crippen molar-refractivity contribution in [3.8, 4) is 0 Å². The third-order valence-corrected chi connectivity index (χ3v) is 4.17. The SMILES string of the molecule is COC(=O)/C=C/c1cccc2c3ccccc3n(C(=O)C(C)(C)C)c12. The van der Waals surface area contributed by atoms with Crippen LogP contribution in [0.25, 0.3) is 27.9 Å². The molecule has 0 saturated carbocycles. The van der Waals surface area contributed by atoms with E-state index in [9.17, 15) is 9.59 Å². The number of hydrogen-bond acceptors (Lipinski definition) is 3. The van der Waals surface area contributed by atoms with Crippen LogP contribution in [0, 0.1) is 5.41 Å². The maximum absolute atomic E-state index is 13.1. The molecule has 4 heteroatoms. The second kappa shape index (κ2) is 6.20. The van der Waals surface area contributed by atoms with Crippen molar-refractivity contribution in [2.24, 2.45) is 5.41 Å². The molecule has 1 heterocycles. The molecule has 4 nitrogen and oxygen atoms in total. The van der Waals surface area contributed by atoms with Crippen LogP contribution >= 0.6 is 0 Å². The number of benzene rings is 2. The summed E-state index contributed by atoms with van der Waals surface area (Å²) in [6, 6.07) is 13.7. The molecule has 0 amide bonds. The van der Waals surface area contributed by atoms with Crippen LogP contribution < -0.4 is 0 Å². The molecule has 0 aliphatic carbocycles. The predicted molar refractivity (Wildman–Crippen MR) is 101 cm³/mol. The smallest absolute Gasteiger partial charge is 0.330 e. The minimum Gasteiger partial charge on any atom is -0.466 e. The summed E-state index contributed by atoms with van der Waals surface area (Å²) in [4.78, 5) is 24.6. The van der Waals surface area contributed by atoms with E-state index in [2.05, 4.69) is 4.74 Å². The molecule has 0 fully saturated rings. The van der Waals surface area contributed by atoms with Crippen LogP contribution in [-0.2, 0) is 9.53 Å². The number of aromatic nitrogens is 1. The molecule has 0 spiro atoms. The maximum Gasteiger partial charge on any atom is 0.330 e. The van der Waals surface area contributed by atoms with Gasteiger partial charge in [-0.3, -0.25) is 9.36 Å². The highest BCUT2D eigenvalue weighted by molar-refractivity contribution is 6.16. The van der Waals surface area contributed by atoms with Crippen molar-refractivity contribution in [2.75, 3.05) is 7.11 Å². The topological polar surface area (TPSA) is 48.3 Å². The number of esters is 1. The number of rotatable bonds is 2. The molecule has 0 saturated heterocycles. The quantitative estimate of drug-likeness (QED) is 0.505. The minimum absolute atomic E-state index is 0.0117. The largest absolute Gasteiger partial charge is 0.466 e. The molecule has 1 aromatic heterocycles. The van der Waals surface area contributed by atoms with Crippen LogP contribution in [0.2, 0.25) is 0 Å². The zero-order valence-electron chi connectivity index (χ0n) is 14.9. The van der Waals surface area contributed by atoms with Crippen molar-refractivity contribution in [2.45, 2.75) is 20.8 Å². The average molecular weight is 335 g/mol. The number of carbonyl (C=O) groups is 2. The summed E-state index contributed by atoms with van der Waals surface area (Å²) >= 11 is 0. The number of hydrogen-bond donors (Lipinski definition) is 0. The zero-order valence-corrected chi connectivity index (χ0v) is 14.9. The van der Waals surface area contributed by atoms with Gasteiger partial charge in [0.1, 0.15) is 0 Å². The molecule has 0 atom stereocenters. The molecule has 2 aromatic carbocycles. The first-order chi connectivity index (χ1) is 11.8. The van der Waals surface area contributed by atoms with Gasteiger partial charge in [0.25, 0.3) is 0 Å². The van der Waals surface area contributed by atoms with Crippen LogP contribution in [0.1, 0.15) is 31.1 Å². The van der Waals surface area contributed by atoms with Crippen molar-refractivity contribution in [1.82, 2.24) is 4.57 Å². The van der Waals surface area contributed by atoms with Gasteiger partial charge >= 0.3 is 5.97 Å². The van der Waals surface area contributed by atoms with Gasteiger partial charge in [-0.2, -0.15) is 0 Å². The summed E-state index contributed by atoms with van der Waals surface area (Å²) in [6.45, 7) is 5.72. The van der Waals surface area contributed by atoms with Crippen molar-refractivity contribution < 1.29 is 14.3 Å². The molecule has 3 rings (SSSR count). The Morgan fingerprint density at radius 1 is 1.00 bits per heavy atom.